The fourth-order valence-electron chi connectivity index (χ4n) is 3.11. The first-order chi connectivity index (χ1) is 16.0. The monoisotopic (exact) mass is 462 g/mol. The first-order valence-electron chi connectivity index (χ1n) is 10.1. The summed E-state index contributed by atoms with van der Waals surface area (Å²) in [7, 11) is 2.78. The third-order valence-corrected chi connectivity index (χ3v) is 5.15. The molecular formula is C27H23ClO5. The maximum absolute atomic E-state index is 12.5. The topological polar surface area (TPSA) is 61.8 Å². The van der Waals surface area contributed by atoms with Crippen LogP contribution in [0.2, 0.25) is 5.02 Å². The van der Waals surface area contributed by atoms with Gasteiger partial charge in [-0.05, 0) is 59.2 Å². The molecule has 0 fully saturated rings. The molecule has 0 aliphatic heterocycles. The number of benzene rings is 3. The van der Waals surface area contributed by atoms with Crippen LogP contribution in [0.25, 0.3) is 11.6 Å². The van der Waals surface area contributed by atoms with Crippen molar-refractivity contribution in [3.63, 3.8) is 0 Å². The first-order valence-corrected chi connectivity index (χ1v) is 10.5. The molecule has 0 saturated carbocycles. The lowest BCUT2D eigenvalue weighted by molar-refractivity contribution is -0.133. The zero-order valence-electron chi connectivity index (χ0n) is 18.3. The molecule has 0 aromatic heterocycles. The van der Waals surface area contributed by atoms with Crippen molar-refractivity contribution < 1.29 is 23.8 Å². The number of methoxy groups -OCH3 is 2. The number of rotatable bonds is 9. The summed E-state index contributed by atoms with van der Waals surface area (Å²) in [6, 6.07) is 21.5. The van der Waals surface area contributed by atoms with Crippen molar-refractivity contribution in [2.24, 2.45) is 0 Å². The highest BCUT2D eigenvalue weighted by atomic mass is 35.5. The van der Waals surface area contributed by atoms with Crippen LogP contribution in [0.15, 0.2) is 85.1 Å². The Kier molecular flexibility index (Phi) is 8.44. The van der Waals surface area contributed by atoms with Crippen LogP contribution in [0, 0.1) is 0 Å². The molecular weight excluding hydrogens is 440 g/mol. The molecule has 0 spiro atoms. The molecule has 0 atom stereocenters. The maximum atomic E-state index is 12.5. The molecule has 3 aromatic rings. The summed E-state index contributed by atoms with van der Waals surface area (Å²) in [6.45, 7) is 0.216. The number of halogens is 1. The Hall–Kier alpha value is -3.83. The zero-order valence-corrected chi connectivity index (χ0v) is 19.0. The van der Waals surface area contributed by atoms with Crippen LogP contribution in [0.5, 0.6) is 5.75 Å². The van der Waals surface area contributed by atoms with Crippen LogP contribution < -0.4 is 4.74 Å². The smallest absolute Gasteiger partial charge is 0.341 e. The lowest BCUT2D eigenvalue weighted by Gasteiger charge is -2.13. The first kappa shape index (κ1) is 23.8. The van der Waals surface area contributed by atoms with E-state index in [2.05, 4.69) is 0 Å². The van der Waals surface area contributed by atoms with E-state index in [0.29, 0.717) is 27.5 Å². The second-order valence-electron chi connectivity index (χ2n) is 6.95. The highest BCUT2D eigenvalue weighted by molar-refractivity contribution is 6.32. The molecule has 0 unspecified atom stereocenters. The van der Waals surface area contributed by atoms with Crippen LogP contribution in [-0.2, 0) is 20.9 Å². The minimum absolute atomic E-state index is 0.140. The number of allylic oxidation sites excluding steroid dienone is 1. The van der Waals surface area contributed by atoms with Gasteiger partial charge in [-0.3, -0.25) is 4.79 Å². The zero-order chi connectivity index (χ0) is 23.6. The minimum atomic E-state index is -0.503. The maximum Gasteiger partial charge on any atom is 0.341 e. The van der Waals surface area contributed by atoms with Crippen LogP contribution in [0.1, 0.15) is 27.0 Å². The number of ketones is 1. The van der Waals surface area contributed by atoms with Gasteiger partial charge in [0.25, 0.3) is 0 Å². The largest absolute Gasteiger partial charge is 0.503 e. The van der Waals surface area contributed by atoms with E-state index in [1.165, 1.54) is 26.6 Å². The molecule has 0 radical (unpaired) electrons. The number of hydrogen-bond acceptors (Lipinski definition) is 5. The second kappa shape index (κ2) is 11.7. The van der Waals surface area contributed by atoms with Crippen LogP contribution in [0.4, 0.5) is 0 Å². The van der Waals surface area contributed by atoms with Gasteiger partial charge in [0, 0.05) is 10.6 Å². The molecule has 0 amide bonds. The molecule has 0 aliphatic rings. The normalized spacial score (nSPS) is 11.3. The van der Waals surface area contributed by atoms with Gasteiger partial charge in [-0.15, -0.1) is 0 Å². The van der Waals surface area contributed by atoms with Gasteiger partial charge < -0.3 is 14.2 Å². The molecule has 0 saturated heterocycles. The Bertz CT molecular complexity index is 1180. The molecule has 0 aliphatic carbocycles. The van der Waals surface area contributed by atoms with Crippen LogP contribution in [0.3, 0.4) is 0 Å². The quantitative estimate of drug-likeness (QED) is 0.169. The Morgan fingerprint density at radius 3 is 2.30 bits per heavy atom. The molecule has 6 heteroatoms. The third-order valence-electron chi connectivity index (χ3n) is 4.80. The van der Waals surface area contributed by atoms with Crippen LogP contribution >= 0.6 is 11.6 Å². The second-order valence-corrected chi connectivity index (χ2v) is 7.36. The molecule has 5 nitrogen and oxygen atoms in total. The lowest BCUT2D eigenvalue weighted by Crippen LogP contribution is -2.08. The number of carbonyl (C=O) groups is 2. The predicted molar refractivity (Wildman–Crippen MR) is 129 cm³/mol. The summed E-state index contributed by atoms with van der Waals surface area (Å²) >= 11 is 6.12. The van der Waals surface area contributed by atoms with Crippen molar-refractivity contribution in [1.82, 2.24) is 0 Å². The van der Waals surface area contributed by atoms with E-state index in [0.717, 1.165) is 11.1 Å². The number of esters is 1. The molecule has 168 valence electrons. The van der Waals surface area contributed by atoms with E-state index in [9.17, 15) is 9.59 Å². The Labute approximate surface area is 197 Å². The molecule has 33 heavy (non-hydrogen) atoms. The van der Waals surface area contributed by atoms with Gasteiger partial charge in [-0.2, -0.15) is 0 Å². The Balaban J connectivity index is 1.69. The summed E-state index contributed by atoms with van der Waals surface area (Å²) in [6.07, 6.45) is 4.53. The molecule has 0 N–H and O–H groups in total. The van der Waals surface area contributed by atoms with Gasteiger partial charge in [0.2, 0.25) is 0 Å². The predicted octanol–water partition coefficient (Wildman–Crippen LogP) is 5.98. The summed E-state index contributed by atoms with van der Waals surface area (Å²) in [4.78, 5) is 24.6. The van der Waals surface area contributed by atoms with Crippen molar-refractivity contribution in [2.75, 3.05) is 14.2 Å². The van der Waals surface area contributed by atoms with Crippen molar-refractivity contribution in [2.45, 2.75) is 6.61 Å². The molecule has 0 heterocycles. The molecule has 3 rings (SSSR count). The van der Waals surface area contributed by atoms with Gasteiger partial charge in [0.15, 0.2) is 5.78 Å². The van der Waals surface area contributed by atoms with E-state index in [1.807, 2.05) is 36.4 Å². The highest BCUT2D eigenvalue weighted by Crippen LogP contribution is 2.23. The van der Waals surface area contributed by atoms with Gasteiger partial charge in [0.05, 0.1) is 20.5 Å². The van der Waals surface area contributed by atoms with E-state index < -0.39 is 5.97 Å². The summed E-state index contributed by atoms with van der Waals surface area (Å²) < 4.78 is 15.8. The van der Waals surface area contributed by atoms with Crippen molar-refractivity contribution in [1.29, 1.82) is 0 Å². The van der Waals surface area contributed by atoms with Crippen molar-refractivity contribution in [3.05, 3.63) is 112 Å². The fourth-order valence-corrected chi connectivity index (χ4v) is 3.31. The number of carbonyl (C=O) groups excluding carboxylic acids is 2. The summed E-state index contributed by atoms with van der Waals surface area (Å²) in [5.41, 5.74) is 3.05. The van der Waals surface area contributed by atoms with E-state index >= 15 is 0 Å². The van der Waals surface area contributed by atoms with Gasteiger partial charge in [0.1, 0.15) is 17.9 Å². The Morgan fingerprint density at radius 1 is 0.909 bits per heavy atom. The SMILES string of the molecule is CO/C=C(/C(=O)OC)c1ccccc1COc1ccc(C(=O)/C=C/c2ccccc2Cl)cc1. The third kappa shape index (κ3) is 6.34. The molecule has 3 aromatic carbocycles. The van der Waals surface area contributed by atoms with E-state index in [1.54, 1.807) is 42.5 Å². The fraction of sp³-hybridized carbons (Fsp3) is 0.111. The average molecular weight is 463 g/mol. The van der Waals surface area contributed by atoms with Gasteiger partial charge >= 0.3 is 5.97 Å². The lowest BCUT2D eigenvalue weighted by atomic mass is 10.0. The van der Waals surface area contributed by atoms with Gasteiger partial charge in [-0.25, -0.2) is 4.79 Å². The standard InChI is InChI=1S/C27H23ClO5/c1-31-18-24(27(30)32-2)23-9-5-3-8-21(23)17-33-22-14-11-20(12-15-22)26(29)16-13-19-7-4-6-10-25(19)28/h3-16,18H,17H2,1-2H3/b16-13+,24-18+. The summed E-state index contributed by atoms with van der Waals surface area (Å²) in [5.74, 6) is -0.0528. The Morgan fingerprint density at radius 2 is 1.61 bits per heavy atom. The van der Waals surface area contributed by atoms with E-state index in [4.69, 9.17) is 25.8 Å². The number of ether oxygens (including phenoxy) is 3. The minimum Gasteiger partial charge on any atom is -0.503 e. The van der Waals surface area contributed by atoms with Gasteiger partial charge in [-0.1, -0.05) is 54.1 Å². The van der Waals surface area contributed by atoms with Crippen molar-refractivity contribution >= 4 is 35.0 Å². The highest BCUT2D eigenvalue weighted by Gasteiger charge is 2.17. The average Bonchev–Trinajstić information content (AvgIpc) is 2.85. The van der Waals surface area contributed by atoms with E-state index in [-0.39, 0.29) is 12.4 Å². The number of hydrogen-bond donors (Lipinski definition) is 0. The van der Waals surface area contributed by atoms with Crippen LogP contribution in [-0.4, -0.2) is 26.0 Å². The molecule has 0 bridgehead atoms. The summed E-state index contributed by atoms with van der Waals surface area (Å²) in [5, 5.41) is 0.585. The van der Waals surface area contributed by atoms with Crippen molar-refractivity contribution in [3.8, 4) is 5.75 Å².